The Hall–Kier alpha value is -2.46. The Morgan fingerprint density at radius 2 is 1.82 bits per heavy atom. The zero-order valence-corrected chi connectivity index (χ0v) is 20.9. The summed E-state index contributed by atoms with van der Waals surface area (Å²) in [5.74, 6) is -0.556. The summed E-state index contributed by atoms with van der Waals surface area (Å²) in [6, 6.07) is 14.4. The van der Waals surface area contributed by atoms with E-state index in [9.17, 15) is 14.4 Å². The number of nitrogens with zero attached hydrogens (tertiary/aromatic N) is 2. The summed E-state index contributed by atoms with van der Waals surface area (Å²) in [7, 11) is 1.85. The van der Waals surface area contributed by atoms with Gasteiger partial charge in [-0.1, -0.05) is 30.3 Å². The van der Waals surface area contributed by atoms with Crippen LogP contribution in [-0.2, 0) is 27.3 Å². The van der Waals surface area contributed by atoms with Crippen LogP contribution in [0.1, 0.15) is 30.4 Å². The molecule has 0 radical (unpaired) electrons. The van der Waals surface area contributed by atoms with E-state index in [1.54, 1.807) is 0 Å². The van der Waals surface area contributed by atoms with Gasteiger partial charge in [0, 0.05) is 35.3 Å². The highest BCUT2D eigenvalue weighted by Crippen LogP contribution is 2.23. The SMILES string of the molecule is CN1Cc2ccccc2NC(=O)C1CC(=O)N[C@H](Cc1ccc(I)cc1)C(=O)N1CCCC1. The molecule has 0 spiro atoms. The molecule has 0 aliphatic carbocycles. The van der Waals surface area contributed by atoms with Crippen LogP contribution in [0.15, 0.2) is 48.5 Å². The van der Waals surface area contributed by atoms with Gasteiger partial charge in [0.15, 0.2) is 0 Å². The van der Waals surface area contributed by atoms with E-state index in [2.05, 4.69) is 33.2 Å². The molecule has 33 heavy (non-hydrogen) atoms. The number of fused-ring (bicyclic) bond motifs is 1. The molecule has 2 N–H and O–H groups in total. The van der Waals surface area contributed by atoms with E-state index in [0.717, 1.165) is 46.3 Å². The normalized spacial score (nSPS) is 19.4. The van der Waals surface area contributed by atoms with Crippen molar-refractivity contribution in [2.24, 2.45) is 0 Å². The van der Waals surface area contributed by atoms with Gasteiger partial charge in [0.1, 0.15) is 6.04 Å². The second-order valence-electron chi connectivity index (χ2n) is 8.76. The van der Waals surface area contributed by atoms with Crippen LogP contribution in [0.4, 0.5) is 5.69 Å². The van der Waals surface area contributed by atoms with Crippen LogP contribution in [0, 0.1) is 3.57 Å². The molecule has 2 aromatic carbocycles. The van der Waals surface area contributed by atoms with Crippen molar-refractivity contribution in [1.82, 2.24) is 15.1 Å². The Morgan fingerprint density at radius 1 is 1.12 bits per heavy atom. The molecule has 2 aromatic rings. The van der Waals surface area contributed by atoms with Crippen LogP contribution in [0.3, 0.4) is 0 Å². The van der Waals surface area contributed by atoms with Crippen LogP contribution >= 0.6 is 22.6 Å². The lowest BCUT2D eigenvalue weighted by atomic mass is 10.0. The Bertz CT molecular complexity index is 1020. The molecule has 1 fully saturated rings. The van der Waals surface area contributed by atoms with E-state index in [4.69, 9.17) is 0 Å². The largest absolute Gasteiger partial charge is 0.344 e. The molecule has 8 heteroatoms. The zero-order valence-electron chi connectivity index (χ0n) is 18.7. The number of carbonyl (C=O) groups is 3. The molecule has 2 aliphatic heterocycles. The first-order valence-corrected chi connectivity index (χ1v) is 12.4. The van der Waals surface area contributed by atoms with Crippen molar-refractivity contribution < 1.29 is 14.4 Å². The Balaban J connectivity index is 1.46. The third kappa shape index (κ3) is 5.92. The molecule has 1 unspecified atom stereocenters. The highest BCUT2D eigenvalue weighted by atomic mass is 127. The van der Waals surface area contributed by atoms with Crippen molar-refractivity contribution in [2.45, 2.75) is 44.3 Å². The molecule has 174 valence electrons. The lowest BCUT2D eigenvalue weighted by Gasteiger charge is -2.27. The third-order valence-corrected chi connectivity index (χ3v) is 7.03. The standard InChI is InChI=1S/C25H29IN4O3/c1-29-16-18-6-2-3-7-20(18)28-24(32)22(29)15-23(31)27-21(25(33)30-12-4-5-13-30)14-17-8-10-19(26)11-9-17/h2-3,6-11,21-22H,4-5,12-16H2,1H3,(H,27,31)(H,28,32)/t21-,22?/m1/s1. The summed E-state index contributed by atoms with van der Waals surface area (Å²) in [6.45, 7) is 2.01. The van der Waals surface area contributed by atoms with Crippen LogP contribution in [0.2, 0.25) is 0 Å². The molecular weight excluding hydrogens is 531 g/mol. The number of hydrogen-bond acceptors (Lipinski definition) is 4. The van der Waals surface area contributed by atoms with E-state index in [1.807, 2.05) is 65.4 Å². The van der Waals surface area contributed by atoms with Crippen molar-refractivity contribution in [2.75, 3.05) is 25.5 Å². The number of anilines is 1. The number of likely N-dealkylation sites (N-methyl/N-ethyl adjacent to an activating group) is 1. The lowest BCUT2D eigenvalue weighted by Crippen LogP contribution is -2.51. The number of rotatable bonds is 6. The molecule has 7 nitrogen and oxygen atoms in total. The van der Waals surface area contributed by atoms with Crippen LogP contribution < -0.4 is 10.6 Å². The number of carbonyl (C=O) groups excluding carboxylic acids is 3. The maximum absolute atomic E-state index is 13.2. The topological polar surface area (TPSA) is 81.8 Å². The zero-order chi connectivity index (χ0) is 23.4. The number of hydrogen-bond donors (Lipinski definition) is 2. The van der Waals surface area contributed by atoms with Gasteiger partial charge in [-0.05, 0) is 71.8 Å². The minimum absolute atomic E-state index is 0.00715. The van der Waals surface area contributed by atoms with Crippen LogP contribution in [0.5, 0.6) is 0 Å². The Labute approximate surface area is 208 Å². The second-order valence-corrected chi connectivity index (χ2v) is 10.0. The molecule has 3 amide bonds. The van der Waals surface area contributed by atoms with Crippen LogP contribution in [-0.4, -0.2) is 59.7 Å². The monoisotopic (exact) mass is 560 g/mol. The fraction of sp³-hybridized carbons (Fsp3) is 0.400. The summed E-state index contributed by atoms with van der Waals surface area (Å²) >= 11 is 2.24. The average Bonchev–Trinajstić information content (AvgIpc) is 3.30. The first-order valence-electron chi connectivity index (χ1n) is 11.3. The number of benzene rings is 2. The van der Waals surface area contributed by atoms with Gasteiger partial charge in [-0.3, -0.25) is 19.3 Å². The fourth-order valence-corrected chi connectivity index (χ4v) is 4.83. The van der Waals surface area contributed by atoms with Crippen molar-refractivity contribution in [3.63, 3.8) is 0 Å². The van der Waals surface area contributed by atoms with Gasteiger partial charge in [0.2, 0.25) is 17.7 Å². The van der Waals surface area contributed by atoms with Crippen molar-refractivity contribution in [1.29, 1.82) is 0 Å². The number of amides is 3. The molecule has 0 bridgehead atoms. The molecule has 0 aromatic heterocycles. The first-order chi connectivity index (χ1) is 15.9. The van der Waals surface area contributed by atoms with Crippen molar-refractivity contribution in [3.8, 4) is 0 Å². The highest BCUT2D eigenvalue weighted by molar-refractivity contribution is 14.1. The first kappa shape index (κ1) is 23.7. The van der Waals surface area contributed by atoms with E-state index < -0.39 is 12.1 Å². The van der Waals surface area contributed by atoms with Crippen molar-refractivity contribution >= 4 is 46.0 Å². The van der Waals surface area contributed by atoms with Gasteiger partial charge in [-0.2, -0.15) is 0 Å². The predicted molar refractivity (Wildman–Crippen MR) is 136 cm³/mol. The van der Waals surface area contributed by atoms with Gasteiger partial charge < -0.3 is 15.5 Å². The number of likely N-dealkylation sites (tertiary alicyclic amines) is 1. The second kappa shape index (κ2) is 10.6. The summed E-state index contributed by atoms with van der Waals surface area (Å²) < 4.78 is 1.12. The van der Waals surface area contributed by atoms with Crippen LogP contribution in [0.25, 0.3) is 0 Å². The lowest BCUT2D eigenvalue weighted by molar-refractivity contribution is -0.136. The quantitative estimate of drug-likeness (QED) is 0.533. The third-order valence-electron chi connectivity index (χ3n) is 6.31. The summed E-state index contributed by atoms with van der Waals surface area (Å²) in [5, 5.41) is 5.89. The fourth-order valence-electron chi connectivity index (χ4n) is 4.47. The van der Waals surface area contributed by atoms with Gasteiger partial charge in [0.05, 0.1) is 12.5 Å². The maximum atomic E-state index is 13.2. The van der Waals surface area contributed by atoms with E-state index in [1.165, 1.54) is 0 Å². The summed E-state index contributed by atoms with van der Waals surface area (Å²) in [4.78, 5) is 42.9. The molecule has 4 rings (SSSR count). The number of nitrogens with one attached hydrogen (secondary N) is 2. The van der Waals surface area contributed by atoms with Gasteiger partial charge >= 0.3 is 0 Å². The maximum Gasteiger partial charge on any atom is 0.245 e. The summed E-state index contributed by atoms with van der Waals surface area (Å²) in [5.41, 5.74) is 2.78. The Kier molecular flexibility index (Phi) is 7.64. The number of para-hydroxylation sites is 1. The highest BCUT2D eigenvalue weighted by Gasteiger charge is 2.32. The predicted octanol–water partition coefficient (Wildman–Crippen LogP) is 2.78. The smallest absolute Gasteiger partial charge is 0.245 e. The van der Waals surface area contributed by atoms with Crippen molar-refractivity contribution in [3.05, 3.63) is 63.2 Å². The summed E-state index contributed by atoms with van der Waals surface area (Å²) in [6.07, 6.45) is 2.40. The molecular formula is C25H29IN4O3. The van der Waals surface area contributed by atoms with E-state index in [-0.39, 0.29) is 24.1 Å². The van der Waals surface area contributed by atoms with Gasteiger partial charge in [-0.15, -0.1) is 0 Å². The van der Waals surface area contributed by atoms with E-state index in [0.29, 0.717) is 13.0 Å². The minimum Gasteiger partial charge on any atom is -0.344 e. The molecule has 0 saturated carbocycles. The molecule has 2 atom stereocenters. The minimum atomic E-state index is -0.646. The molecule has 2 aliphatic rings. The van der Waals surface area contributed by atoms with Gasteiger partial charge in [-0.25, -0.2) is 0 Å². The average molecular weight is 560 g/mol. The van der Waals surface area contributed by atoms with E-state index >= 15 is 0 Å². The molecule has 2 heterocycles. The Morgan fingerprint density at radius 3 is 2.55 bits per heavy atom. The van der Waals surface area contributed by atoms with Gasteiger partial charge in [0.25, 0.3) is 0 Å². The number of halogens is 1. The molecule has 1 saturated heterocycles.